The van der Waals surface area contributed by atoms with Gasteiger partial charge in [0, 0.05) is 31.6 Å². The van der Waals surface area contributed by atoms with Crippen LogP contribution in [-0.4, -0.2) is 47.5 Å². The average molecular weight is 425 g/mol. The van der Waals surface area contributed by atoms with Gasteiger partial charge in [-0.3, -0.25) is 9.59 Å². The van der Waals surface area contributed by atoms with Gasteiger partial charge >= 0.3 is 0 Å². The lowest BCUT2D eigenvalue weighted by molar-refractivity contribution is -0.129. The van der Waals surface area contributed by atoms with Crippen molar-refractivity contribution in [3.63, 3.8) is 0 Å². The fourth-order valence-corrected chi connectivity index (χ4v) is 4.97. The summed E-state index contributed by atoms with van der Waals surface area (Å²) in [4.78, 5) is 30.4. The molecule has 5 heteroatoms. The normalized spacial score (nSPS) is 14.4. The van der Waals surface area contributed by atoms with Crippen LogP contribution in [0.1, 0.15) is 53.6 Å². The Morgan fingerprint density at radius 1 is 0.967 bits per heavy atom. The standard InChI is InChI=1S/C25H32N2O2S/c1-19-11-7-8-12-20(19)17-26(2)25(29)22-15-9-10-16-23(22)30-18-24(28)27(3)21-13-5-4-6-14-21/h7-12,15-16,21H,4-6,13-14,17-18H2,1-3H3. The van der Waals surface area contributed by atoms with Gasteiger partial charge in [-0.2, -0.15) is 0 Å². The van der Waals surface area contributed by atoms with E-state index in [0.29, 0.717) is 23.9 Å². The van der Waals surface area contributed by atoms with Crippen LogP contribution in [0.5, 0.6) is 0 Å². The molecule has 0 spiro atoms. The van der Waals surface area contributed by atoms with E-state index in [0.717, 1.165) is 23.3 Å². The molecular weight excluding hydrogens is 392 g/mol. The van der Waals surface area contributed by atoms with E-state index in [1.165, 1.54) is 36.6 Å². The molecule has 0 heterocycles. The van der Waals surface area contributed by atoms with Crippen LogP contribution in [0.4, 0.5) is 0 Å². The summed E-state index contributed by atoms with van der Waals surface area (Å²) < 4.78 is 0. The highest BCUT2D eigenvalue weighted by atomic mass is 32.2. The molecule has 0 atom stereocenters. The number of carbonyl (C=O) groups excluding carboxylic acids is 2. The van der Waals surface area contributed by atoms with E-state index in [9.17, 15) is 9.59 Å². The highest BCUT2D eigenvalue weighted by Gasteiger charge is 2.23. The Balaban J connectivity index is 1.64. The molecule has 2 aromatic carbocycles. The SMILES string of the molecule is Cc1ccccc1CN(C)C(=O)c1ccccc1SCC(=O)N(C)C1CCCCC1. The van der Waals surface area contributed by atoms with E-state index in [4.69, 9.17) is 0 Å². The van der Waals surface area contributed by atoms with Crippen LogP contribution in [0.25, 0.3) is 0 Å². The number of rotatable bonds is 7. The zero-order valence-electron chi connectivity index (χ0n) is 18.3. The molecule has 160 valence electrons. The Morgan fingerprint density at radius 3 is 2.37 bits per heavy atom. The first-order valence-corrected chi connectivity index (χ1v) is 11.7. The maximum atomic E-state index is 13.1. The average Bonchev–Trinajstić information content (AvgIpc) is 2.78. The third kappa shape index (κ3) is 5.66. The van der Waals surface area contributed by atoms with Gasteiger partial charge < -0.3 is 9.80 Å². The molecule has 1 saturated carbocycles. The van der Waals surface area contributed by atoms with Crippen LogP contribution >= 0.6 is 11.8 Å². The monoisotopic (exact) mass is 424 g/mol. The van der Waals surface area contributed by atoms with Crippen molar-refractivity contribution in [2.75, 3.05) is 19.8 Å². The Morgan fingerprint density at radius 2 is 1.63 bits per heavy atom. The minimum Gasteiger partial charge on any atom is -0.342 e. The predicted molar refractivity (Wildman–Crippen MR) is 124 cm³/mol. The lowest BCUT2D eigenvalue weighted by Crippen LogP contribution is -2.39. The van der Waals surface area contributed by atoms with Crippen molar-refractivity contribution in [3.05, 3.63) is 65.2 Å². The molecule has 0 bridgehead atoms. The van der Waals surface area contributed by atoms with Gasteiger partial charge in [-0.25, -0.2) is 0 Å². The molecule has 0 saturated heterocycles. The Labute approximate surface area is 184 Å². The van der Waals surface area contributed by atoms with Crippen LogP contribution < -0.4 is 0 Å². The molecule has 2 aromatic rings. The zero-order chi connectivity index (χ0) is 21.5. The van der Waals surface area contributed by atoms with E-state index < -0.39 is 0 Å². The van der Waals surface area contributed by atoms with E-state index in [2.05, 4.69) is 19.1 Å². The van der Waals surface area contributed by atoms with Crippen LogP contribution in [0, 0.1) is 6.92 Å². The minimum atomic E-state index is -0.0190. The number of hydrogen-bond donors (Lipinski definition) is 0. The topological polar surface area (TPSA) is 40.6 Å². The van der Waals surface area contributed by atoms with Crippen molar-refractivity contribution < 1.29 is 9.59 Å². The molecule has 0 aromatic heterocycles. The smallest absolute Gasteiger partial charge is 0.255 e. The van der Waals surface area contributed by atoms with E-state index in [1.54, 1.807) is 4.90 Å². The number of carbonyl (C=O) groups is 2. The maximum Gasteiger partial charge on any atom is 0.255 e. The van der Waals surface area contributed by atoms with Crippen LogP contribution in [-0.2, 0) is 11.3 Å². The second-order valence-electron chi connectivity index (χ2n) is 8.17. The van der Waals surface area contributed by atoms with Crippen LogP contribution in [0.2, 0.25) is 0 Å². The van der Waals surface area contributed by atoms with Gasteiger partial charge in [0.25, 0.3) is 5.91 Å². The summed E-state index contributed by atoms with van der Waals surface area (Å²) in [7, 11) is 3.75. The van der Waals surface area contributed by atoms with Gasteiger partial charge in [-0.15, -0.1) is 11.8 Å². The second-order valence-corrected chi connectivity index (χ2v) is 9.19. The summed E-state index contributed by atoms with van der Waals surface area (Å²) in [5, 5.41) is 0. The molecule has 1 aliphatic carbocycles. The number of thioether (sulfide) groups is 1. The first kappa shape index (κ1) is 22.4. The first-order chi connectivity index (χ1) is 14.5. The number of hydrogen-bond acceptors (Lipinski definition) is 3. The second kappa shape index (κ2) is 10.7. The largest absolute Gasteiger partial charge is 0.342 e. The molecule has 1 fully saturated rings. The van der Waals surface area contributed by atoms with Crippen LogP contribution in [0.15, 0.2) is 53.4 Å². The fourth-order valence-electron chi connectivity index (χ4n) is 4.00. The van der Waals surface area contributed by atoms with E-state index >= 15 is 0 Å². The third-order valence-corrected chi connectivity index (χ3v) is 7.06. The van der Waals surface area contributed by atoms with Gasteiger partial charge in [0.15, 0.2) is 0 Å². The maximum absolute atomic E-state index is 13.1. The van der Waals surface area contributed by atoms with Gasteiger partial charge in [0.05, 0.1) is 11.3 Å². The van der Waals surface area contributed by atoms with Crippen molar-refractivity contribution in [2.24, 2.45) is 0 Å². The Hall–Kier alpha value is -2.27. The molecule has 4 nitrogen and oxygen atoms in total. The third-order valence-electron chi connectivity index (χ3n) is 6.00. The summed E-state index contributed by atoms with van der Waals surface area (Å²) >= 11 is 1.46. The molecule has 30 heavy (non-hydrogen) atoms. The highest BCUT2D eigenvalue weighted by Crippen LogP contribution is 2.26. The molecule has 0 aliphatic heterocycles. The lowest BCUT2D eigenvalue weighted by atomic mass is 9.94. The minimum absolute atomic E-state index is 0.0190. The van der Waals surface area contributed by atoms with Gasteiger partial charge in [-0.05, 0) is 43.0 Å². The molecule has 0 unspecified atom stereocenters. The molecule has 0 N–H and O–H groups in total. The van der Waals surface area contributed by atoms with Crippen molar-refractivity contribution in [2.45, 2.75) is 56.5 Å². The van der Waals surface area contributed by atoms with Crippen molar-refractivity contribution in [1.29, 1.82) is 0 Å². The quantitative estimate of drug-likeness (QED) is 0.577. The number of aryl methyl sites for hydroxylation is 1. The predicted octanol–water partition coefficient (Wildman–Crippen LogP) is 5.15. The van der Waals surface area contributed by atoms with Crippen molar-refractivity contribution in [3.8, 4) is 0 Å². The lowest BCUT2D eigenvalue weighted by Gasteiger charge is -2.31. The van der Waals surface area contributed by atoms with E-state index in [1.807, 2.05) is 55.4 Å². The van der Waals surface area contributed by atoms with Gasteiger partial charge in [0.1, 0.15) is 0 Å². The molecule has 3 rings (SSSR count). The van der Waals surface area contributed by atoms with E-state index in [-0.39, 0.29) is 11.8 Å². The zero-order valence-corrected chi connectivity index (χ0v) is 19.1. The summed E-state index contributed by atoms with van der Waals surface area (Å²) in [6.07, 6.45) is 5.90. The summed E-state index contributed by atoms with van der Waals surface area (Å²) in [6, 6.07) is 16.1. The van der Waals surface area contributed by atoms with Gasteiger partial charge in [-0.1, -0.05) is 55.7 Å². The number of amides is 2. The summed E-state index contributed by atoms with van der Waals surface area (Å²) in [6.45, 7) is 2.62. The number of nitrogens with zero attached hydrogens (tertiary/aromatic N) is 2. The molecule has 1 aliphatic rings. The first-order valence-electron chi connectivity index (χ1n) is 10.7. The number of benzene rings is 2. The summed E-state index contributed by atoms with van der Waals surface area (Å²) in [5.74, 6) is 0.482. The van der Waals surface area contributed by atoms with Crippen molar-refractivity contribution in [1.82, 2.24) is 9.80 Å². The Kier molecular flexibility index (Phi) is 7.97. The fraction of sp³-hybridized carbons (Fsp3) is 0.440. The molecule has 0 radical (unpaired) electrons. The molecule has 2 amide bonds. The highest BCUT2D eigenvalue weighted by molar-refractivity contribution is 8.00. The van der Waals surface area contributed by atoms with Gasteiger partial charge in [0.2, 0.25) is 5.91 Å². The van der Waals surface area contributed by atoms with Crippen LogP contribution in [0.3, 0.4) is 0 Å². The Bertz CT molecular complexity index is 877. The summed E-state index contributed by atoms with van der Waals surface area (Å²) in [5.41, 5.74) is 2.98. The van der Waals surface area contributed by atoms with Crippen molar-refractivity contribution >= 4 is 23.6 Å². The molecular formula is C25H32N2O2S.